The molecule has 16 heavy (non-hydrogen) atoms. The molecule has 2 N–H and O–H groups in total. The van der Waals surface area contributed by atoms with Gasteiger partial charge in [-0.1, -0.05) is 15.9 Å². The van der Waals surface area contributed by atoms with Crippen molar-refractivity contribution in [1.29, 1.82) is 0 Å². The molecule has 0 saturated carbocycles. The minimum atomic E-state index is -1.31. The molecule has 0 radical (unpaired) electrons. The Morgan fingerprint density at radius 1 is 1.31 bits per heavy atom. The van der Waals surface area contributed by atoms with E-state index in [4.69, 9.17) is 9.84 Å². The van der Waals surface area contributed by atoms with E-state index in [1.165, 1.54) is 6.92 Å². The number of halogens is 1. The average molecular weight is 296 g/mol. The lowest BCUT2D eigenvalue weighted by Gasteiger charge is -2.27. The highest BCUT2D eigenvalue weighted by molar-refractivity contribution is 9.09. The number of alkyl halides is 1. The topological polar surface area (TPSA) is 75.6 Å². The first kappa shape index (κ1) is 15.2. The van der Waals surface area contributed by atoms with E-state index in [-0.39, 0.29) is 6.42 Å². The van der Waals surface area contributed by atoms with Gasteiger partial charge in [0, 0.05) is 5.33 Å². The first-order valence-corrected chi connectivity index (χ1v) is 6.03. The van der Waals surface area contributed by atoms with Crippen LogP contribution in [0.25, 0.3) is 0 Å². The standard InChI is InChI=1S/C10H18BrNO4/c1-9(2,3)16-8(15)12-10(4,5-6-11)7(13)14/h5-6H2,1-4H3,(H,12,15)(H,13,14). The zero-order valence-corrected chi connectivity index (χ0v) is 11.6. The van der Waals surface area contributed by atoms with Crippen molar-refractivity contribution in [3.63, 3.8) is 0 Å². The third kappa shape index (κ3) is 5.34. The van der Waals surface area contributed by atoms with Crippen LogP contribution in [0.3, 0.4) is 0 Å². The number of carboxylic acids is 1. The molecular formula is C10H18BrNO4. The zero-order valence-electron chi connectivity index (χ0n) is 9.96. The Labute approximate surface area is 104 Å². The van der Waals surface area contributed by atoms with E-state index in [9.17, 15) is 9.59 Å². The van der Waals surface area contributed by atoms with Crippen LogP contribution in [0.1, 0.15) is 34.1 Å². The molecule has 0 bridgehead atoms. The highest BCUT2D eigenvalue weighted by atomic mass is 79.9. The molecule has 0 fully saturated rings. The predicted molar refractivity (Wildman–Crippen MR) is 63.8 cm³/mol. The predicted octanol–water partition coefficient (Wildman–Crippen LogP) is 2.14. The van der Waals surface area contributed by atoms with Crippen molar-refractivity contribution >= 4 is 28.0 Å². The van der Waals surface area contributed by atoms with Crippen LogP contribution >= 0.6 is 15.9 Å². The first-order chi connectivity index (χ1) is 7.10. The molecule has 94 valence electrons. The fraction of sp³-hybridized carbons (Fsp3) is 0.800. The Morgan fingerprint density at radius 3 is 2.12 bits per heavy atom. The lowest BCUT2D eigenvalue weighted by atomic mass is 10.00. The number of hydrogen-bond acceptors (Lipinski definition) is 3. The quantitative estimate of drug-likeness (QED) is 0.779. The van der Waals surface area contributed by atoms with Crippen molar-refractivity contribution in [3.05, 3.63) is 0 Å². The summed E-state index contributed by atoms with van der Waals surface area (Å²) in [5.74, 6) is -1.09. The van der Waals surface area contributed by atoms with Crippen LogP contribution in [0.4, 0.5) is 4.79 Å². The van der Waals surface area contributed by atoms with Gasteiger partial charge in [-0.05, 0) is 34.1 Å². The number of ether oxygens (including phenoxy) is 1. The molecule has 0 saturated heterocycles. The van der Waals surface area contributed by atoms with Gasteiger partial charge < -0.3 is 15.2 Å². The number of hydrogen-bond donors (Lipinski definition) is 2. The summed E-state index contributed by atoms with van der Waals surface area (Å²) in [5.41, 5.74) is -1.95. The van der Waals surface area contributed by atoms with Gasteiger partial charge in [-0.2, -0.15) is 0 Å². The van der Waals surface area contributed by atoms with E-state index in [1.54, 1.807) is 20.8 Å². The van der Waals surface area contributed by atoms with E-state index in [0.717, 1.165) is 0 Å². The van der Waals surface area contributed by atoms with Crippen LogP contribution < -0.4 is 5.32 Å². The molecular weight excluding hydrogens is 278 g/mol. The molecule has 0 aromatic heterocycles. The molecule has 0 heterocycles. The van der Waals surface area contributed by atoms with Crippen molar-refractivity contribution in [2.45, 2.75) is 45.3 Å². The van der Waals surface area contributed by atoms with Crippen molar-refractivity contribution in [2.75, 3.05) is 5.33 Å². The molecule has 0 aromatic carbocycles. The number of amides is 1. The number of alkyl carbamates (subject to hydrolysis) is 1. The molecule has 0 rings (SSSR count). The third-order valence-electron chi connectivity index (χ3n) is 1.84. The maximum absolute atomic E-state index is 11.4. The Morgan fingerprint density at radius 2 is 1.81 bits per heavy atom. The van der Waals surface area contributed by atoms with Crippen molar-refractivity contribution < 1.29 is 19.4 Å². The first-order valence-electron chi connectivity index (χ1n) is 4.91. The van der Waals surface area contributed by atoms with Gasteiger partial charge in [0.1, 0.15) is 11.1 Å². The summed E-state index contributed by atoms with van der Waals surface area (Å²) in [7, 11) is 0. The van der Waals surface area contributed by atoms with Crippen LogP contribution in [0.2, 0.25) is 0 Å². The molecule has 0 aromatic rings. The molecule has 5 nitrogen and oxygen atoms in total. The minimum Gasteiger partial charge on any atom is -0.480 e. The van der Waals surface area contributed by atoms with Crippen LogP contribution in [0, 0.1) is 0 Å². The zero-order chi connectivity index (χ0) is 13.0. The Kier molecular flexibility index (Phi) is 5.25. The fourth-order valence-electron chi connectivity index (χ4n) is 0.941. The SMILES string of the molecule is CC(C)(C)OC(=O)NC(C)(CCBr)C(=O)O. The molecule has 0 aliphatic heterocycles. The van der Waals surface area contributed by atoms with Gasteiger partial charge in [0.15, 0.2) is 0 Å². The largest absolute Gasteiger partial charge is 0.480 e. The molecule has 1 amide bonds. The van der Waals surface area contributed by atoms with Crippen LogP contribution in [-0.4, -0.2) is 33.6 Å². The summed E-state index contributed by atoms with van der Waals surface area (Å²) < 4.78 is 5.00. The van der Waals surface area contributed by atoms with E-state index in [0.29, 0.717) is 5.33 Å². The van der Waals surface area contributed by atoms with Crippen LogP contribution in [0.5, 0.6) is 0 Å². The highest BCUT2D eigenvalue weighted by Gasteiger charge is 2.35. The Bertz CT molecular complexity index is 274. The number of carbonyl (C=O) groups is 2. The minimum absolute atomic E-state index is 0.279. The van der Waals surface area contributed by atoms with Gasteiger partial charge >= 0.3 is 12.1 Å². The maximum atomic E-state index is 11.4. The van der Waals surface area contributed by atoms with Crippen LogP contribution in [-0.2, 0) is 9.53 Å². The lowest BCUT2D eigenvalue weighted by Crippen LogP contribution is -2.53. The molecule has 6 heteroatoms. The number of aliphatic carboxylic acids is 1. The van der Waals surface area contributed by atoms with E-state index < -0.39 is 23.2 Å². The monoisotopic (exact) mass is 295 g/mol. The number of carboxylic acid groups (broad SMARTS) is 1. The normalized spacial score (nSPS) is 15.1. The summed E-state index contributed by atoms with van der Waals surface area (Å²) in [5, 5.41) is 11.9. The summed E-state index contributed by atoms with van der Waals surface area (Å²) >= 11 is 3.15. The second-order valence-electron chi connectivity index (χ2n) is 4.70. The van der Waals surface area contributed by atoms with Crippen molar-refractivity contribution in [3.8, 4) is 0 Å². The van der Waals surface area contributed by atoms with Crippen molar-refractivity contribution in [1.82, 2.24) is 5.32 Å². The number of nitrogens with one attached hydrogen (secondary N) is 1. The summed E-state index contributed by atoms with van der Waals surface area (Å²) in [6.45, 7) is 6.60. The Hall–Kier alpha value is -0.780. The fourth-order valence-corrected chi connectivity index (χ4v) is 1.73. The van der Waals surface area contributed by atoms with Gasteiger partial charge in [-0.25, -0.2) is 9.59 Å². The molecule has 0 spiro atoms. The second kappa shape index (κ2) is 5.52. The van der Waals surface area contributed by atoms with Gasteiger partial charge in [-0.3, -0.25) is 0 Å². The molecule has 0 aliphatic carbocycles. The second-order valence-corrected chi connectivity index (χ2v) is 5.50. The van der Waals surface area contributed by atoms with Gasteiger partial charge in [0.05, 0.1) is 0 Å². The third-order valence-corrected chi connectivity index (χ3v) is 2.24. The average Bonchev–Trinajstić information content (AvgIpc) is 1.99. The maximum Gasteiger partial charge on any atom is 0.408 e. The highest BCUT2D eigenvalue weighted by Crippen LogP contribution is 2.14. The van der Waals surface area contributed by atoms with Gasteiger partial charge in [-0.15, -0.1) is 0 Å². The summed E-state index contributed by atoms with van der Waals surface area (Å²) in [4.78, 5) is 22.5. The van der Waals surface area contributed by atoms with Gasteiger partial charge in [0.2, 0.25) is 0 Å². The summed E-state index contributed by atoms with van der Waals surface area (Å²) in [6, 6.07) is 0. The molecule has 1 unspecified atom stereocenters. The Balaban J connectivity index is 4.53. The van der Waals surface area contributed by atoms with E-state index in [2.05, 4.69) is 21.2 Å². The lowest BCUT2D eigenvalue weighted by molar-refractivity contribution is -0.144. The van der Waals surface area contributed by atoms with Crippen molar-refractivity contribution in [2.24, 2.45) is 0 Å². The summed E-state index contributed by atoms with van der Waals surface area (Å²) in [6.07, 6.45) is -0.444. The molecule has 0 aliphatic rings. The van der Waals surface area contributed by atoms with E-state index >= 15 is 0 Å². The van der Waals surface area contributed by atoms with E-state index in [1.807, 2.05) is 0 Å². The number of carbonyl (C=O) groups excluding carboxylic acids is 1. The van der Waals surface area contributed by atoms with Crippen LogP contribution in [0.15, 0.2) is 0 Å². The van der Waals surface area contributed by atoms with Gasteiger partial charge in [0.25, 0.3) is 0 Å². The smallest absolute Gasteiger partial charge is 0.408 e. The molecule has 1 atom stereocenters. The number of rotatable bonds is 4.